The first-order valence-electron chi connectivity index (χ1n) is 7.13. The number of hydrogen-bond acceptors (Lipinski definition) is 5. The van der Waals surface area contributed by atoms with E-state index in [1.54, 1.807) is 13.8 Å². The molecule has 1 N–H and O–H groups in total. The summed E-state index contributed by atoms with van der Waals surface area (Å²) in [6.07, 6.45) is 3.52. The number of rotatable bonds is 5. The van der Waals surface area contributed by atoms with Gasteiger partial charge in [-0.1, -0.05) is 5.16 Å². The highest BCUT2D eigenvalue weighted by Gasteiger charge is 2.33. The molecule has 2 heterocycles. The van der Waals surface area contributed by atoms with Gasteiger partial charge in [-0.3, -0.25) is 0 Å². The van der Waals surface area contributed by atoms with E-state index < -0.39 is 10.0 Å². The highest BCUT2D eigenvalue weighted by atomic mass is 32.2. The van der Waals surface area contributed by atoms with E-state index in [2.05, 4.69) is 14.8 Å². The molecule has 6 nitrogen and oxygen atoms in total. The van der Waals surface area contributed by atoms with Crippen LogP contribution in [0.3, 0.4) is 0 Å². The third kappa shape index (κ3) is 2.89. The Morgan fingerprint density at radius 1 is 1.35 bits per heavy atom. The van der Waals surface area contributed by atoms with Gasteiger partial charge in [0.15, 0.2) is 5.76 Å². The maximum absolute atomic E-state index is 12.4. The summed E-state index contributed by atoms with van der Waals surface area (Å²) in [7, 11) is -3.53. The fraction of sp³-hybridized carbons (Fsp3) is 0.769. The van der Waals surface area contributed by atoms with Gasteiger partial charge in [-0.15, -0.1) is 0 Å². The lowest BCUT2D eigenvalue weighted by atomic mass is 10.3. The Morgan fingerprint density at radius 3 is 2.70 bits per heavy atom. The van der Waals surface area contributed by atoms with Crippen LogP contribution in [-0.4, -0.2) is 44.2 Å². The molecule has 0 unspecified atom stereocenters. The van der Waals surface area contributed by atoms with Crippen LogP contribution < -0.4 is 4.72 Å². The minimum Gasteiger partial charge on any atom is -0.360 e. The number of nitrogens with one attached hydrogen (secondary N) is 1. The molecule has 2 fully saturated rings. The van der Waals surface area contributed by atoms with Crippen molar-refractivity contribution < 1.29 is 12.9 Å². The van der Waals surface area contributed by atoms with Crippen LogP contribution in [-0.2, 0) is 10.0 Å². The van der Waals surface area contributed by atoms with Gasteiger partial charge < -0.3 is 9.42 Å². The Hall–Kier alpha value is -0.920. The van der Waals surface area contributed by atoms with Gasteiger partial charge in [-0.05, 0) is 45.6 Å². The van der Waals surface area contributed by atoms with E-state index in [4.69, 9.17) is 4.52 Å². The lowest BCUT2D eigenvalue weighted by molar-refractivity contribution is 0.318. The molecule has 1 saturated carbocycles. The van der Waals surface area contributed by atoms with E-state index in [-0.39, 0.29) is 10.9 Å². The number of nitrogens with zero attached hydrogens (tertiary/aromatic N) is 2. The number of likely N-dealkylation sites (tertiary alicyclic amines) is 1. The Morgan fingerprint density at radius 2 is 2.10 bits per heavy atom. The monoisotopic (exact) mass is 299 g/mol. The van der Waals surface area contributed by atoms with Crippen LogP contribution in [0.1, 0.15) is 30.7 Å². The van der Waals surface area contributed by atoms with E-state index in [1.807, 2.05) is 0 Å². The summed E-state index contributed by atoms with van der Waals surface area (Å²) in [5.74, 6) is 1.19. The maximum Gasteiger partial charge on any atom is 0.246 e. The first-order chi connectivity index (χ1) is 9.45. The van der Waals surface area contributed by atoms with E-state index in [0.717, 1.165) is 32.0 Å². The van der Waals surface area contributed by atoms with Crippen molar-refractivity contribution >= 4 is 10.0 Å². The van der Waals surface area contributed by atoms with Gasteiger partial charge in [0.05, 0.1) is 0 Å². The van der Waals surface area contributed by atoms with E-state index in [9.17, 15) is 8.42 Å². The predicted octanol–water partition coefficient (Wildman–Crippen LogP) is 1.05. The third-order valence-electron chi connectivity index (χ3n) is 4.04. The van der Waals surface area contributed by atoms with Crippen molar-refractivity contribution in [3.05, 3.63) is 11.5 Å². The first kappa shape index (κ1) is 14.0. The van der Waals surface area contributed by atoms with Crippen molar-refractivity contribution in [3.8, 4) is 0 Å². The lowest BCUT2D eigenvalue weighted by Crippen LogP contribution is -2.37. The minimum absolute atomic E-state index is 0.00699. The lowest BCUT2D eigenvalue weighted by Gasteiger charge is -2.16. The number of aryl methyl sites for hydroxylation is 2. The molecule has 20 heavy (non-hydrogen) atoms. The molecule has 1 aromatic heterocycles. The van der Waals surface area contributed by atoms with E-state index in [0.29, 0.717) is 11.5 Å². The normalized spacial score (nSPS) is 24.4. The van der Waals surface area contributed by atoms with Crippen molar-refractivity contribution in [1.82, 2.24) is 14.8 Å². The molecule has 0 bridgehead atoms. The number of aromatic nitrogens is 1. The molecule has 112 valence electrons. The number of sulfonamides is 1. The summed E-state index contributed by atoms with van der Waals surface area (Å²) in [6.45, 7) is 6.18. The van der Waals surface area contributed by atoms with Gasteiger partial charge in [-0.2, -0.15) is 0 Å². The maximum atomic E-state index is 12.4. The second kappa shape index (κ2) is 5.13. The summed E-state index contributed by atoms with van der Waals surface area (Å²) >= 11 is 0. The second-order valence-corrected chi connectivity index (χ2v) is 7.61. The van der Waals surface area contributed by atoms with E-state index >= 15 is 0 Å². The van der Waals surface area contributed by atoms with Crippen molar-refractivity contribution in [2.75, 3.05) is 19.6 Å². The Balaban J connectivity index is 1.65. The molecular formula is C13H21N3O3S. The molecule has 0 spiro atoms. The fourth-order valence-corrected chi connectivity index (χ4v) is 4.49. The smallest absolute Gasteiger partial charge is 0.246 e. The minimum atomic E-state index is -3.53. The molecule has 1 aliphatic heterocycles. The molecule has 1 saturated heterocycles. The zero-order valence-corrected chi connectivity index (χ0v) is 12.7. The largest absolute Gasteiger partial charge is 0.360 e. The second-order valence-electron chi connectivity index (χ2n) is 5.96. The van der Waals surface area contributed by atoms with Crippen LogP contribution in [0.4, 0.5) is 0 Å². The SMILES string of the molecule is Cc1noc(C)c1S(=O)(=O)N[C@H]1CCN(CC2CC2)C1. The Kier molecular flexibility index (Phi) is 3.60. The average molecular weight is 299 g/mol. The first-order valence-corrected chi connectivity index (χ1v) is 8.61. The highest BCUT2D eigenvalue weighted by Crippen LogP contribution is 2.31. The Bertz CT molecular complexity index is 573. The standard InChI is InChI=1S/C13H21N3O3S/c1-9-13(10(2)19-14-9)20(17,18)15-12-5-6-16(8-12)7-11-3-4-11/h11-12,15H,3-8H2,1-2H3/t12-/m0/s1. The van der Waals surface area contributed by atoms with Gasteiger partial charge >= 0.3 is 0 Å². The van der Waals surface area contributed by atoms with Crippen molar-refractivity contribution in [2.24, 2.45) is 5.92 Å². The zero-order chi connectivity index (χ0) is 14.3. The topological polar surface area (TPSA) is 75.4 Å². The van der Waals surface area contributed by atoms with Crippen LogP contribution in [0.15, 0.2) is 9.42 Å². The van der Waals surface area contributed by atoms with Gasteiger partial charge in [0.25, 0.3) is 0 Å². The number of hydrogen-bond donors (Lipinski definition) is 1. The fourth-order valence-electron chi connectivity index (χ4n) is 2.90. The molecule has 0 radical (unpaired) electrons. The van der Waals surface area contributed by atoms with Crippen LogP contribution in [0.2, 0.25) is 0 Å². The van der Waals surface area contributed by atoms with Crippen molar-refractivity contribution in [2.45, 2.75) is 44.0 Å². The molecule has 2 aliphatic rings. The van der Waals surface area contributed by atoms with Gasteiger partial charge in [0, 0.05) is 19.1 Å². The summed E-state index contributed by atoms with van der Waals surface area (Å²) in [5, 5.41) is 3.72. The molecular weight excluding hydrogens is 278 g/mol. The summed E-state index contributed by atoms with van der Waals surface area (Å²) < 4.78 is 32.5. The Labute approximate surface area is 119 Å². The van der Waals surface area contributed by atoms with E-state index in [1.165, 1.54) is 12.8 Å². The van der Waals surface area contributed by atoms with Crippen LogP contribution in [0.25, 0.3) is 0 Å². The molecule has 1 aromatic rings. The summed E-state index contributed by atoms with van der Waals surface area (Å²) in [5.41, 5.74) is 0.419. The van der Waals surface area contributed by atoms with Crippen LogP contribution >= 0.6 is 0 Å². The molecule has 0 aromatic carbocycles. The van der Waals surface area contributed by atoms with Crippen molar-refractivity contribution in [1.29, 1.82) is 0 Å². The zero-order valence-electron chi connectivity index (χ0n) is 11.9. The molecule has 3 rings (SSSR count). The van der Waals surface area contributed by atoms with Crippen LogP contribution in [0.5, 0.6) is 0 Å². The summed E-state index contributed by atoms with van der Waals surface area (Å²) in [4.78, 5) is 2.55. The molecule has 7 heteroatoms. The van der Waals surface area contributed by atoms with Crippen molar-refractivity contribution in [3.63, 3.8) is 0 Å². The molecule has 1 atom stereocenters. The molecule has 0 amide bonds. The van der Waals surface area contributed by atoms with Crippen LogP contribution in [0, 0.1) is 19.8 Å². The van der Waals surface area contributed by atoms with Gasteiger partial charge in [-0.25, -0.2) is 13.1 Å². The quantitative estimate of drug-likeness (QED) is 0.879. The third-order valence-corrected chi connectivity index (χ3v) is 5.81. The predicted molar refractivity (Wildman–Crippen MR) is 73.9 cm³/mol. The summed E-state index contributed by atoms with van der Waals surface area (Å²) in [6, 6.07) is -0.00699. The van der Waals surface area contributed by atoms with Gasteiger partial charge in [0.2, 0.25) is 10.0 Å². The molecule has 1 aliphatic carbocycles. The average Bonchev–Trinajstić information content (AvgIpc) is 2.95. The highest BCUT2D eigenvalue weighted by molar-refractivity contribution is 7.89. The van der Waals surface area contributed by atoms with Gasteiger partial charge in [0.1, 0.15) is 10.6 Å².